The number of rotatable bonds is 6. The van der Waals surface area contributed by atoms with Gasteiger partial charge < -0.3 is 19.6 Å². The normalized spacial score (nSPS) is 20.5. The zero-order valence-corrected chi connectivity index (χ0v) is 22.3. The summed E-state index contributed by atoms with van der Waals surface area (Å²) in [6.45, 7) is 5.92. The van der Waals surface area contributed by atoms with E-state index >= 15 is 0 Å². The van der Waals surface area contributed by atoms with Crippen LogP contribution in [0.25, 0.3) is 0 Å². The van der Waals surface area contributed by atoms with Gasteiger partial charge >= 0.3 is 0 Å². The molecule has 0 unspecified atom stereocenters. The van der Waals surface area contributed by atoms with Crippen molar-refractivity contribution in [3.63, 3.8) is 0 Å². The van der Waals surface area contributed by atoms with Crippen molar-refractivity contribution in [2.24, 2.45) is 5.41 Å². The van der Waals surface area contributed by atoms with Crippen molar-refractivity contribution in [2.45, 2.75) is 48.0 Å². The average Bonchev–Trinajstić information content (AvgIpc) is 3.24. The quantitative estimate of drug-likeness (QED) is 0.588. The lowest BCUT2D eigenvalue weighted by Gasteiger charge is -2.39. The Hall–Kier alpha value is -1.66. The molecule has 1 N–H and O–H groups in total. The molecule has 0 radical (unpaired) electrons. The summed E-state index contributed by atoms with van der Waals surface area (Å²) in [5.41, 5.74) is 1.62. The Morgan fingerprint density at radius 3 is 2.57 bits per heavy atom. The van der Waals surface area contributed by atoms with Crippen molar-refractivity contribution >= 4 is 44.8 Å². The van der Waals surface area contributed by atoms with Gasteiger partial charge in [0.05, 0.1) is 29.2 Å². The first kappa shape index (κ1) is 25.0. The molecule has 190 valence electrons. The standard InChI is InChI=1S/C23H30ClN5O4S2/c1-15-22(34-18-3-7-25-21(19(18)24)29-11-16(12-29)35(2,31)32)27-17(13-30)20(26-15)28-8-4-23(5-9-28)6-10-33-14-23/h3,7,16,30H,4-6,8-14H2,1-2H3. The number of nitrogens with zero attached hydrogens (tertiary/aromatic N) is 5. The molecule has 1 spiro atoms. The highest BCUT2D eigenvalue weighted by atomic mass is 35.5. The number of halogens is 1. The molecule has 5 rings (SSSR count). The Labute approximate surface area is 215 Å². The monoisotopic (exact) mass is 539 g/mol. The van der Waals surface area contributed by atoms with Crippen molar-refractivity contribution in [1.82, 2.24) is 15.0 Å². The molecule has 0 atom stereocenters. The Morgan fingerprint density at radius 1 is 1.20 bits per heavy atom. The second kappa shape index (κ2) is 9.66. The zero-order chi connectivity index (χ0) is 24.8. The summed E-state index contributed by atoms with van der Waals surface area (Å²) in [4.78, 5) is 18.8. The third-order valence-corrected chi connectivity index (χ3v) is 10.5. The number of aliphatic hydroxyl groups excluding tert-OH is 1. The molecular formula is C23H30ClN5O4S2. The van der Waals surface area contributed by atoms with Crippen LogP contribution in [0.5, 0.6) is 0 Å². The molecule has 9 nitrogen and oxygen atoms in total. The number of piperidine rings is 1. The number of aliphatic hydroxyl groups is 1. The van der Waals surface area contributed by atoms with Crippen LogP contribution in [0.4, 0.5) is 11.6 Å². The summed E-state index contributed by atoms with van der Waals surface area (Å²) < 4.78 is 29.2. The molecule has 2 aromatic heterocycles. The number of anilines is 2. The fourth-order valence-electron chi connectivity index (χ4n) is 4.92. The SMILES string of the molecule is Cc1nc(N2CCC3(CCOC3)CC2)c(CO)nc1Sc1ccnc(N2CC(S(C)(=O)=O)C2)c1Cl. The first-order chi connectivity index (χ1) is 16.7. The molecule has 3 aliphatic heterocycles. The lowest BCUT2D eigenvalue weighted by Crippen LogP contribution is -2.55. The van der Waals surface area contributed by atoms with Crippen LogP contribution in [0.3, 0.4) is 0 Å². The number of hydrogen-bond acceptors (Lipinski definition) is 10. The lowest BCUT2D eigenvalue weighted by atomic mass is 9.78. The van der Waals surface area contributed by atoms with Gasteiger partial charge in [-0.05, 0) is 37.7 Å². The number of aryl methyl sites for hydroxylation is 1. The van der Waals surface area contributed by atoms with Crippen molar-refractivity contribution in [2.75, 3.05) is 55.4 Å². The molecule has 3 aliphatic rings. The summed E-state index contributed by atoms with van der Waals surface area (Å²) in [6.07, 6.45) is 6.15. The largest absolute Gasteiger partial charge is 0.390 e. The van der Waals surface area contributed by atoms with E-state index < -0.39 is 15.1 Å². The Kier molecular flexibility index (Phi) is 6.90. The van der Waals surface area contributed by atoms with Crippen LogP contribution in [-0.4, -0.2) is 79.4 Å². The molecule has 0 aromatic carbocycles. The highest BCUT2D eigenvalue weighted by molar-refractivity contribution is 7.99. The van der Waals surface area contributed by atoms with Crippen LogP contribution in [0.2, 0.25) is 5.02 Å². The number of sulfone groups is 1. The van der Waals surface area contributed by atoms with E-state index in [-0.39, 0.29) is 6.61 Å². The van der Waals surface area contributed by atoms with Crippen LogP contribution < -0.4 is 9.80 Å². The maximum atomic E-state index is 11.8. The maximum Gasteiger partial charge on any atom is 0.153 e. The predicted molar refractivity (Wildman–Crippen MR) is 136 cm³/mol. The maximum absolute atomic E-state index is 11.8. The van der Waals surface area contributed by atoms with Gasteiger partial charge in [-0.25, -0.2) is 23.4 Å². The van der Waals surface area contributed by atoms with Crippen molar-refractivity contribution in [3.8, 4) is 0 Å². The first-order valence-corrected chi connectivity index (χ1v) is 14.9. The van der Waals surface area contributed by atoms with Gasteiger partial charge in [0.1, 0.15) is 16.5 Å². The Balaban J connectivity index is 1.33. The topological polar surface area (TPSA) is 109 Å². The van der Waals surface area contributed by atoms with Gasteiger partial charge in [0.2, 0.25) is 0 Å². The van der Waals surface area contributed by atoms with Gasteiger partial charge in [-0.2, -0.15) is 0 Å². The Bertz CT molecular complexity index is 1210. The van der Waals surface area contributed by atoms with E-state index in [2.05, 4.69) is 9.88 Å². The minimum absolute atomic E-state index is 0.198. The second-order valence-corrected chi connectivity index (χ2v) is 13.5. The summed E-state index contributed by atoms with van der Waals surface area (Å²) in [6, 6.07) is 1.81. The molecule has 35 heavy (non-hydrogen) atoms. The summed E-state index contributed by atoms with van der Waals surface area (Å²) in [5, 5.41) is 10.8. The summed E-state index contributed by atoms with van der Waals surface area (Å²) in [5.74, 6) is 1.32. The Morgan fingerprint density at radius 2 is 1.94 bits per heavy atom. The molecule has 12 heteroatoms. The number of pyridine rings is 1. The second-order valence-electron chi connectivity index (χ2n) is 9.74. The molecule has 0 aliphatic carbocycles. The smallest absolute Gasteiger partial charge is 0.153 e. The van der Waals surface area contributed by atoms with Crippen LogP contribution in [0.15, 0.2) is 22.2 Å². The molecule has 0 amide bonds. The molecular weight excluding hydrogens is 510 g/mol. The third kappa shape index (κ3) is 4.98. The molecule has 0 saturated carbocycles. The molecule has 0 bridgehead atoms. The fourth-order valence-corrected chi connectivity index (χ4v) is 7.03. The highest BCUT2D eigenvalue weighted by Crippen LogP contribution is 2.42. The van der Waals surface area contributed by atoms with Gasteiger partial charge in [-0.3, -0.25) is 0 Å². The van der Waals surface area contributed by atoms with Crippen molar-refractivity contribution in [1.29, 1.82) is 0 Å². The van der Waals surface area contributed by atoms with Crippen molar-refractivity contribution in [3.05, 3.63) is 28.7 Å². The van der Waals surface area contributed by atoms with E-state index in [1.165, 1.54) is 18.0 Å². The third-order valence-electron chi connectivity index (χ3n) is 7.33. The van der Waals surface area contributed by atoms with Gasteiger partial charge in [-0.15, -0.1) is 0 Å². The average molecular weight is 540 g/mol. The van der Waals surface area contributed by atoms with Gasteiger partial charge in [0.25, 0.3) is 0 Å². The van der Waals surface area contributed by atoms with Crippen LogP contribution in [0, 0.1) is 12.3 Å². The van der Waals surface area contributed by atoms with Gasteiger partial charge in [0, 0.05) is 50.1 Å². The van der Waals surface area contributed by atoms with Crippen molar-refractivity contribution < 1.29 is 18.3 Å². The van der Waals surface area contributed by atoms with Crippen LogP contribution >= 0.6 is 23.4 Å². The zero-order valence-electron chi connectivity index (χ0n) is 19.9. The molecule has 5 heterocycles. The van der Waals surface area contributed by atoms with E-state index in [4.69, 9.17) is 26.3 Å². The van der Waals surface area contributed by atoms with Gasteiger partial charge in [0.15, 0.2) is 15.7 Å². The lowest BCUT2D eigenvalue weighted by molar-refractivity contribution is 0.133. The minimum atomic E-state index is -3.08. The fraction of sp³-hybridized carbons (Fsp3) is 0.609. The molecule has 2 aromatic rings. The minimum Gasteiger partial charge on any atom is -0.390 e. The predicted octanol–water partition coefficient (Wildman–Crippen LogP) is 2.72. The molecule has 3 fully saturated rings. The number of aromatic nitrogens is 3. The number of ether oxygens (including phenoxy) is 1. The van der Waals surface area contributed by atoms with E-state index in [1.807, 2.05) is 17.9 Å². The van der Waals surface area contributed by atoms with E-state index in [9.17, 15) is 13.5 Å². The van der Waals surface area contributed by atoms with E-state index in [0.717, 1.165) is 62.0 Å². The number of hydrogen-bond donors (Lipinski definition) is 1. The van der Waals surface area contributed by atoms with E-state index in [0.29, 0.717) is 40.1 Å². The van der Waals surface area contributed by atoms with Crippen LogP contribution in [-0.2, 0) is 21.2 Å². The highest BCUT2D eigenvalue weighted by Gasteiger charge is 2.39. The summed E-state index contributed by atoms with van der Waals surface area (Å²) in [7, 11) is -3.08. The van der Waals surface area contributed by atoms with E-state index in [1.54, 1.807) is 6.20 Å². The molecule has 3 saturated heterocycles. The van der Waals surface area contributed by atoms with Crippen LogP contribution in [0.1, 0.15) is 30.7 Å². The summed E-state index contributed by atoms with van der Waals surface area (Å²) >= 11 is 8.05. The van der Waals surface area contributed by atoms with Gasteiger partial charge in [-0.1, -0.05) is 23.4 Å². The first-order valence-electron chi connectivity index (χ1n) is 11.8.